The molecule has 0 saturated heterocycles. The molecule has 0 aromatic carbocycles. The SMILES string of the molecule is CC(C)Cn1c(NBr)nc2cccnc21. The molecule has 0 spiro atoms. The van der Waals surface area contributed by atoms with Crippen LogP contribution in [0.4, 0.5) is 5.95 Å². The van der Waals surface area contributed by atoms with Gasteiger partial charge < -0.3 is 0 Å². The second kappa shape index (κ2) is 4.18. The number of hydrogen-bond donors (Lipinski definition) is 1. The van der Waals surface area contributed by atoms with Gasteiger partial charge in [-0.1, -0.05) is 13.8 Å². The maximum absolute atomic E-state index is 4.43. The smallest absolute Gasteiger partial charge is 0.215 e. The van der Waals surface area contributed by atoms with Gasteiger partial charge >= 0.3 is 0 Å². The summed E-state index contributed by atoms with van der Waals surface area (Å²) in [5.74, 6) is 1.36. The third-order valence-corrected chi connectivity index (χ3v) is 2.49. The number of rotatable bonds is 3. The fourth-order valence-corrected chi connectivity index (χ4v) is 1.87. The van der Waals surface area contributed by atoms with Crippen LogP contribution in [0.1, 0.15) is 13.8 Å². The number of halogens is 1. The van der Waals surface area contributed by atoms with Crippen LogP contribution in [0.2, 0.25) is 0 Å². The molecule has 2 aromatic rings. The van der Waals surface area contributed by atoms with Gasteiger partial charge in [-0.2, -0.15) is 0 Å². The summed E-state index contributed by atoms with van der Waals surface area (Å²) in [5, 5.41) is 0. The van der Waals surface area contributed by atoms with Crippen molar-refractivity contribution in [2.75, 3.05) is 4.34 Å². The van der Waals surface area contributed by atoms with Crippen molar-refractivity contribution in [2.24, 2.45) is 5.92 Å². The molecule has 0 aliphatic rings. The highest BCUT2D eigenvalue weighted by atomic mass is 79.9. The van der Waals surface area contributed by atoms with Crippen LogP contribution in [0.15, 0.2) is 18.3 Å². The summed E-state index contributed by atoms with van der Waals surface area (Å²) in [5.41, 5.74) is 1.84. The van der Waals surface area contributed by atoms with Crippen molar-refractivity contribution in [3.63, 3.8) is 0 Å². The number of nitrogens with one attached hydrogen (secondary N) is 1. The molecule has 2 heterocycles. The number of fused-ring (bicyclic) bond motifs is 1. The van der Waals surface area contributed by atoms with Crippen LogP contribution >= 0.6 is 16.1 Å². The molecule has 0 radical (unpaired) electrons. The van der Waals surface area contributed by atoms with Gasteiger partial charge in [0.05, 0.1) is 0 Å². The lowest BCUT2D eigenvalue weighted by Crippen LogP contribution is -2.07. The van der Waals surface area contributed by atoms with Crippen LogP contribution in [0.5, 0.6) is 0 Å². The molecule has 0 atom stereocenters. The second-order valence-corrected chi connectivity index (χ2v) is 4.28. The molecule has 2 rings (SSSR count). The highest BCUT2D eigenvalue weighted by Crippen LogP contribution is 2.19. The van der Waals surface area contributed by atoms with Gasteiger partial charge in [-0.25, -0.2) is 9.97 Å². The van der Waals surface area contributed by atoms with Crippen LogP contribution in [0.3, 0.4) is 0 Å². The van der Waals surface area contributed by atoms with Gasteiger partial charge in [-0.3, -0.25) is 8.91 Å². The first-order valence-corrected chi connectivity index (χ1v) is 5.69. The molecule has 5 heteroatoms. The molecule has 15 heavy (non-hydrogen) atoms. The minimum Gasteiger partial charge on any atom is -0.294 e. The van der Waals surface area contributed by atoms with Gasteiger partial charge in [0, 0.05) is 28.9 Å². The molecule has 0 unspecified atom stereocenters. The Bertz CT molecular complexity index is 463. The van der Waals surface area contributed by atoms with E-state index in [1.807, 2.05) is 12.1 Å². The predicted octanol–water partition coefficient (Wildman–Crippen LogP) is 2.81. The van der Waals surface area contributed by atoms with Crippen molar-refractivity contribution in [1.82, 2.24) is 14.5 Å². The van der Waals surface area contributed by atoms with E-state index in [0.29, 0.717) is 5.92 Å². The minimum atomic E-state index is 0.559. The Morgan fingerprint density at radius 1 is 1.53 bits per heavy atom. The summed E-state index contributed by atoms with van der Waals surface area (Å²) in [7, 11) is 0. The Kier molecular flexibility index (Phi) is 2.90. The Labute approximate surface area is 97.1 Å². The molecule has 1 N–H and O–H groups in total. The summed E-state index contributed by atoms with van der Waals surface area (Å²) in [4.78, 5) is 8.77. The Hall–Kier alpha value is -1.10. The standard InChI is InChI=1S/C10H13BrN4/c1-7(2)6-15-9-8(4-3-5-12-9)13-10(15)14-11/h3-5,7H,6H2,1-2H3,(H,13,14). The zero-order valence-electron chi connectivity index (χ0n) is 8.74. The zero-order valence-corrected chi connectivity index (χ0v) is 10.3. The summed E-state index contributed by atoms with van der Waals surface area (Å²) in [6.07, 6.45) is 1.79. The van der Waals surface area contributed by atoms with Crippen LogP contribution in [-0.2, 0) is 6.54 Å². The maximum Gasteiger partial charge on any atom is 0.215 e. The molecular formula is C10H13BrN4. The van der Waals surface area contributed by atoms with E-state index in [4.69, 9.17) is 0 Å². The van der Waals surface area contributed by atoms with Gasteiger partial charge in [0.25, 0.3) is 0 Å². The van der Waals surface area contributed by atoms with Gasteiger partial charge in [-0.05, 0) is 18.1 Å². The molecule has 0 fully saturated rings. The van der Waals surface area contributed by atoms with E-state index in [2.05, 4.69) is 48.9 Å². The topological polar surface area (TPSA) is 42.7 Å². The van der Waals surface area contributed by atoms with Crippen LogP contribution in [-0.4, -0.2) is 14.5 Å². The van der Waals surface area contributed by atoms with E-state index in [9.17, 15) is 0 Å². The van der Waals surface area contributed by atoms with E-state index >= 15 is 0 Å². The second-order valence-electron chi connectivity index (χ2n) is 3.88. The first-order valence-electron chi connectivity index (χ1n) is 4.90. The number of anilines is 1. The monoisotopic (exact) mass is 268 g/mol. The highest BCUT2D eigenvalue weighted by molar-refractivity contribution is 9.10. The normalized spacial score (nSPS) is 11.2. The fourth-order valence-electron chi connectivity index (χ4n) is 1.57. The summed E-state index contributed by atoms with van der Waals surface area (Å²) in [6.45, 7) is 5.25. The van der Waals surface area contributed by atoms with Gasteiger partial charge in [0.15, 0.2) is 5.65 Å². The number of imidazole rings is 1. The lowest BCUT2D eigenvalue weighted by molar-refractivity contribution is 0.536. The van der Waals surface area contributed by atoms with Crippen molar-refractivity contribution >= 4 is 33.3 Å². The fraction of sp³-hybridized carbons (Fsp3) is 0.400. The Morgan fingerprint density at radius 2 is 2.33 bits per heavy atom. The molecule has 0 aliphatic carbocycles. The highest BCUT2D eigenvalue weighted by Gasteiger charge is 2.11. The van der Waals surface area contributed by atoms with Crippen molar-refractivity contribution in [2.45, 2.75) is 20.4 Å². The quantitative estimate of drug-likeness (QED) is 0.871. The van der Waals surface area contributed by atoms with Gasteiger partial charge in [0.1, 0.15) is 5.52 Å². The van der Waals surface area contributed by atoms with E-state index in [1.165, 1.54) is 0 Å². The van der Waals surface area contributed by atoms with Crippen molar-refractivity contribution < 1.29 is 0 Å². The Morgan fingerprint density at radius 3 is 3.00 bits per heavy atom. The average Bonchev–Trinajstić information content (AvgIpc) is 2.56. The van der Waals surface area contributed by atoms with E-state index in [0.717, 1.165) is 23.7 Å². The van der Waals surface area contributed by atoms with E-state index in [1.54, 1.807) is 6.20 Å². The first kappa shape index (κ1) is 10.4. The number of nitrogens with zero attached hydrogens (tertiary/aromatic N) is 3. The van der Waals surface area contributed by atoms with Crippen LogP contribution < -0.4 is 4.34 Å². The number of hydrogen-bond acceptors (Lipinski definition) is 3. The third kappa shape index (κ3) is 1.97. The van der Waals surface area contributed by atoms with Crippen LogP contribution in [0.25, 0.3) is 11.2 Å². The predicted molar refractivity (Wildman–Crippen MR) is 64.9 cm³/mol. The van der Waals surface area contributed by atoms with Gasteiger partial charge in [-0.15, -0.1) is 0 Å². The number of pyridine rings is 1. The van der Waals surface area contributed by atoms with Crippen molar-refractivity contribution in [3.05, 3.63) is 18.3 Å². The number of aromatic nitrogens is 3. The summed E-state index contributed by atoms with van der Waals surface area (Å²) < 4.78 is 4.99. The molecule has 0 saturated carbocycles. The summed E-state index contributed by atoms with van der Waals surface area (Å²) in [6, 6.07) is 3.86. The molecule has 80 valence electrons. The van der Waals surface area contributed by atoms with Crippen molar-refractivity contribution in [1.29, 1.82) is 0 Å². The zero-order chi connectivity index (χ0) is 10.8. The lowest BCUT2D eigenvalue weighted by Gasteiger charge is -2.09. The van der Waals surface area contributed by atoms with Gasteiger partial charge in [0.2, 0.25) is 5.95 Å². The molecule has 0 aliphatic heterocycles. The molecule has 2 aromatic heterocycles. The van der Waals surface area contributed by atoms with Crippen LogP contribution in [0, 0.1) is 5.92 Å². The lowest BCUT2D eigenvalue weighted by atomic mass is 10.2. The summed E-state index contributed by atoms with van der Waals surface area (Å²) >= 11 is 3.22. The average molecular weight is 269 g/mol. The van der Waals surface area contributed by atoms with Crippen molar-refractivity contribution in [3.8, 4) is 0 Å². The van der Waals surface area contributed by atoms with E-state index < -0.39 is 0 Å². The maximum atomic E-state index is 4.43. The van der Waals surface area contributed by atoms with E-state index in [-0.39, 0.29) is 0 Å². The third-order valence-electron chi connectivity index (χ3n) is 2.14. The molecule has 4 nitrogen and oxygen atoms in total. The Balaban J connectivity index is 2.56. The molecular weight excluding hydrogens is 256 g/mol. The largest absolute Gasteiger partial charge is 0.294 e. The molecule has 0 amide bonds. The first-order chi connectivity index (χ1) is 7.22. The minimum absolute atomic E-state index is 0.559. The molecule has 0 bridgehead atoms.